The molecule has 0 spiro atoms. The number of nitrogens with two attached hydrogens (primary N) is 1. The molecule has 0 radical (unpaired) electrons. The zero-order valence-electron chi connectivity index (χ0n) is 10.4. The highest BCUT2D eigenvalue weighted by Crippen LogP contribution is 2.32. The lowest BCUT2D eigenvalue weighted by Crippen LogP contribution is -2.10. The predicted molar refractivity (Wildman–Crippen MR) is 86.0 cm³/mol. The van der Waals surface area contributed by atoms with Crippen LogP contribution in [0.15, 0.2) is 28.7 Å². The molecule has 1 aromatic carbocycles. The van der Waals surface area contributed by atoms with Crippen LogP contribution in [0.2, 0.25) is 10.0 Å². The van der Waals surface area contributed by atoms with E-state index in [-0.39, 0.29) is 0 Å². The molecule has 0 unspecified atom stereocenters. The Morgan fingerprint density at radius 2 is 1.85 bits per heavy atom. The first-order valence-corrected chi connectivity index (χ1v) is 7.02. The topological polar surface area (TPSA) is 72.2 Å². The first-order chi connectivity index (χ1) is 9.53. The summed E-state index contributed by atoms with van der Waals surface area (Å²) < 4.78 is 6.05. The number of anilines is 3. The molecular weight excluding hydrogens is 367 g/mol. The van der Waals surface area contributed by atoms with Gasteiger partial charge < -0.3 is 15.5 Å². The number of methoxy groups -OCH3 is 1. The molecule has 0 saturated heterocycles. The van der Waals surface area contributed by atoms with Gasteiger partial charge in [0.2, 0.25) is 0 Å². The van der Waals surface area contributed by atoms with Crippen LogP contribution in [-0.2, 0) is 0 Å². The van der Waals surface area contributed by atoms with Crippen molar-refractivity contribution in [2.24, 2.45) is 5.84 Å². The maximum absolute atomic E-state index is 6.10. The molecule has 0 aliphatic rings. The van der Waals surface area contributed by atoms with E-state index in [0.717, 1.165) is 10.2 Å². The van der Waals surface area contributed by atoms with Gasteiger partial charge >= 0.3 is 0 Å². The lowest BCUT2D eigenvalue weighted by atomic mass is 10.3. The zero-order chi connectivity index (χ0) is 14.7. The summed E-state index contributed by atoms with van der Waals surface area (Å²) in [6.45, 7) is 0. The number of hydrogen-bond acceptors (Lipinski definition) is 5. The first-order valence-electron chi connectivity index (χ1n) is 5.47. The van der Waals surface area contributed by atoms with Gasteiger partial charge in [-0.25, -0.2) is 10.8 Å². The minimum absolute atomic E-state index is 0.334. The Kier molecular flexibility index (Phi) is 4.93. The van der Waals surface area contributed by atoms with Gasteiger partial charge in [-0.15, -0.1) is 0 Å². The highest BCUT2D eigenvalue weighted by atomic mass is 79.9. The average Bonchev–Trinajstić information content (AvgIpc) is 2.41. The molecule has 8 heteroatoms. The van der Waals surface area contributed by atoms with Crippen LogP contribution in [0, 0.1) is 0 Å². The van der Waals surface area contributed by atoms with E-state index in [1.54, 1.807) is 13.2 Å². The molecule has 4 N–H and O–H groups in total. The van der Waals surface area contributed by atoms with Crippen LogP contribution in [0.1, 0.15) is 0 Å². The Balaban J connectivity index is 2.36. The van der Waals surface area contributed by atoms with Crippen molar-refractivity contribution >= 4 is 56.5 Å². The van der Waals surface area contributed by atoms with Crippen molar-refractivity contribution in [3.63, 3.8) is 0 Å². The van der Waals surface area contributed by atoms with E-state index in [4.69, 9.17) is 33.8 Å². The number of rotatable bonds is 4. The third-order valence-corrected chi connectivity index (χ3v) is 3.47. The maximum atomic E-state index is 6.10. The van der Waals surface area contributed by atoms with Crippen molar-refractivity contribution < 1.29 is 4.74 Å². The fraction of sp³-hybridized carbons (Fsp3) is 0.0833. The number of hydrogen-bond donors (Lipinski definition) is 3. The molecule has 0 atom stereocenters. The van der Waals surface area contributed by atoms with Crippen molar-refractivity contribution in [2.75, 3.05) is 17.9 Å². The summed E-state index contributed by atoms with van der Waals surface area (Å²) in [4.78, 5) is 4.20. The summed E-state index contributed by atoms with van der Waals surface area (Å²) in [7, 11) is 1.59. The summed E-state index contributed by atoms with van der Waals surface area (Å²) >= 11 is 15.4. The Bertz CT molecular complexity index is 639. The average molecular weight is 378 g/mol. The van der Waals surface area contributed by atoms with Crippen LogP contribution in [-0.4, -0.2) is 12.1 Å². The van der Waals surface area contributed by atoms with Gasteiger partial charge in [-0.2, -0.15) is 0 Å². The molecule has 0 saturated carbocycles. The van der Waals surface area contributed by atoms with E-state index in [1.807, 2.05) is 18.2 Å². The number of ether oxygens (including phenoxy) is 1. The predicted octanol–water partition coefficient (Wildman–Crippen LogP) is 4.19. The largest absolute Gasteiger partial charge is 0.497 e. The van der Waals surface area contributed by atoms with Gasteiger partial charge in [0, 0.05) is 16.2 Å². The summed E-state index contributed by atoms with van der Waals surface area (Å²) in [5.74, 6) is 6.80. The van der Waals surface area contributed by atoms with Gasteiger partial charge in [-0.3, -0.25) is 0 Å². The number of nitrogen functional groups attached to an aromatic ring is 1. The van der Waals surface area contributed by atoms with Gasteiger partial charge in [0.05, 0.1) is 17.2 Å². The molecule has 1 aromatic heterocycles. The van der Waals surface area contributed by atoms with Gasteiger partial charge in [0.1, 0.15) is 5.75 Å². The van der Waals surface area contributed by atoms with E-state index < -0.39 is 0 Å². The van der Waals surface area contributed by atoms with E-state index in [9.17, 15) is 0 Å². The first kappa shape index (κ1) is 15.2. The highest BCUT2D eigenvalue weighted by Gasteiger charge is 2.09. The van der Waals surface area contributed by atoms with Crippen LogP contribution in [0.5, 0.6) is 5.75 Å². The van der Waals surface area contributed by atoms with E-state index in [0.29, 0.717) is 27.4 Å². The normalized spacial score (nSPS) is 10.2. The molecule has 106 valence electrons. The summed E-state index contributed by atoms with van der Waals surface area (Å²) in [6.07, 6.45) is 0. The molecule has 5 nitrogen and oxygen atoms in total. The third kappa shape index (κ3) is 3.46. The highest BCUT2D eigenvalue weighted by molar-refractivity contribution is 9.10. The van der Waals surface area contributed by atoms with Crippen LogP contribution in [0.4, 0.5) is 17.3 Å². The monoisotopic (exact) mass is 376 g/mol. The molecule has 0 fully saturated rings. The van der Waals surface area contributed by atoms with Gasteiger partial charge in [-0.1, -0.05) is 39.1 Å². The molecule has 1 heterocycles. The van der Waals surface area contributed by atoms with Crippen LogP contribution in [0.3, 0.4) is 0 Å². The summed E-state index contributed by atoms with van der Waals surface area (Å²) in [5, 5.41) is 3.81. The number of hydrazine groups is 1. The van der Waals surface area contributed by atoms with Crippen molar-refractivity contribution in [3.05, 3.63) is 38.8 Å². The Morgan fingerprint density at radius 1 is 1.15 bits per heavy atom. The molecule has 0 bridgehead atoms. The SMILES string of the molecule is COc1cc(Br)cc(Nc2nc(NN)c(Cl)cc2Cl)c1. The molecule has 20 heavy (non-hydrogen) atoms. The molecule has 0 aliphatic carbocycles. The zero-order valence-corrected chi connectivity index (χ0v) is 13.5. The standard InChI is InChI=1S/C12H11BrCl2N4O/c1-20-8-3-6(13)2-7(4-8)17-11-9(14)5-10(15)12(18-11)19-16/h2-5H,16H2,1H3,(H2,17,18,19). The second-order valence-corrected chi connectivity index (χ2v) is 5.53. The molecule has 2 aromatic rings. The van der Waals surface area contributed by atoms with Crippen molar-refractivity contribution in [1.82, 2.24) is 4.98 Å². The number of nitrogens with zero attached hydrogens (tertiary/aromatic N) is 1. The summed E-state index contributed by atoms with van der Waals surface area (Å²) in [6, 6.07) is 7.08. The maximum Gasteiger partial charge on any atom is 0.161 e. The Labute approximate surface area is 134 Å². The second-order valence-electron chi connectivity index (χ2n) is 3.80. The third-order valence-electron chi connectivity index (χ3n) is 2.44. The fourth-order valence-electron chi connectivity index (χ4n) is 1.54. The van der Waals surface area contributed by atoms with Gasteiger partial charge in [0.25, 0.3) is 0 Å². The number of aromatic nitrogens is 1. The molecule has 2 rings (SSSR count). The quantitative estimate of drug-likeness (QED) is 0.550. The number of nitrogens with one attached hydrogen (secondary N) is 2. The van der Waals surface area contributed by atoms with E-state index >= 15 is 0 Å². The van der Waals surface area contributed by atoms with Crippen molar-refractivity contribution in [1.29, 1.82) is 0 Å². The number of benzene rings is 1. The second kappa shape index (κ2) is 6.49. The Morgan fingerprint density at radius 3 is 2.50 bits per heavy atom. The minimum atomic E-state index is 0.334. The van der Waals surface area contributed by atoms with E-state index in [2.05, 4.69) is 31.7 Å². The van der Waals surface area contributed by atoms with Crippen molar-refractivity contribution in [2.45, 2.75) is 0 Å². The summed E-state index contributed by atoms with van der Waals surface area (Å²) in [5.41, 5.74) is 3.17. The molecular formula is C12H11BrCl2N4O. The smallest absolute Gasteiger partial charge is 0.161 e. The lowest BCUT2D eigenvalue weighted by molar-refractivity contribution is 0.415. The van der Waals surface area contributed by atoms with Gasteiger partial charge in [-0.05, 0) is 18.2 Å². The minimum Gasteiger partial charge on any atom is -0.497 e. The van der Waals surface area contributed by atoms with E-state index in [1.165, 1.54) is 0 Å². The number of halogens is 3. The molecule has 0 aliphatic heterocycles. The van der Waals surface area contributed by atoms with Crippen LogP contribution < -0.4 is 21.3 Å². The lowest BCUT2D eigenvalue weighted by Gasteiger charge is -2.12. The van der Waals surface area contributed by atoms with Crippen LogP contribution in [0.25, 0.3) is 0 Å². The fourth-order valence-corrected chi connectivity index (χ4v) is 2.48. The Hall–Kier alpha value is -1.21. The van der Waals surface area contributed by atoms with Crippen molar-refractivity contribution in [3.8, 4) is 5.75 Å². The van der Waals surface area contributed by atoms with Gasteiger partial charge in [0.15, 0.2) is 11.6 Å². The molecule has 0 amide bonds. The number of pyridine rings is 1. The van der Waals surface area contributed by atoms with Crippen LogP contribution >= 0.6 is 39.1 Å².